The van der Waals surface area contributed by atoms with Gasteiger partial charge in [0.05, 0.1) is 6.61 Å². The molecule has 1 N–H and O–H groups in total. The zero-order valence-electron chi connectivity index (χ0n) is 2.69. The highest BCUT2D eigenvalue weighted by Gasteiger charge is 1.59. The molecule has 0 aromatic carbocycles. The second-order valence-electron chi connectivity index (χ2n) is 0.413. The van der Waals surface area contributed by atoms with Gasteiger partial charge in [0.1, 0.15) is 0 Å². The molecule has 0 aromatic rings. The second-order valence-corrected chi connectivity index (χ2v) is 1.21. The highest BCUT2D eigenvalue weighted by molar-refractivity contribution is 9.09. The van der Waals surface area contributed by atoms with E-state index in [1.165, 1.54) is 0 Å². The molecule has 0 saturated carbocycles. The summed E-state index contributed by atoms with van der Waals surface area (Å²) in [5.41, 5.74) is 0. The van der Waals surface area contributed by atoms with Gasteiger partial charge in [-0.05, 0) is 0 Å². The third-order valence-corrected chi connectivity index (χ3v) is 0.439. The molecule has 2 nitrogen and oxygen atoms in total. The number of hydrogen-bond acceptors (Lipinski definition) is 1. The number of nitrogens with zero attached hydrogens (tertiary/aromatic N) is 1. The number of aliphatic hydroxyl groups excluding tert-OH is 1. The lowest BCUT2D eigenvalue weighted by Crippen LogP contribution is -1.75. The van der Waals surface area contributed by atoms with Crippen LogP contribution in [0.15, 0.2) is 0 Å². The quantitative estimate of drug-likeness (QED) is 0.506. The molecule has 0 spiro atoms. The van der Waals surface area contributed by atoms with Crippen molar-refractivity contribution in [3.05, 3.63) is 0 Å². The maximum atomic E-state index is 7.83. The molecule has 0 fully saturated rings. The number of halogens is 1. The van der Waals surface area contributed by atoms with Gasteiger partial charge in [-0.1, -0.05) is 15.9 Å². The summed E-state index contributed by atoms with van der Waals surface area (Å²) in [4.78, 5) is 0. The fraction of sp³-hybridized carbons (Fsp3) is 1.00. The van der Waals surface area contributed by atoms with Crippen molar-refractivity contribution < 1.29 is 5.11 Å². The number of aliphatic hydroxyl groups is 1. The molecule has 0 heterocycles. The maximum Gasteiger partial charge on any atom is 0.0528 e. The number of alkyl halides is 1. The Morgan fingerprint density at radius 1 is 1.60 bits per heavy atom. The first kappa shape index (κ1) is 9.04. The summed E-state index contributed by atoms with van der Waals surface area (Å²) in [7, 11) is 0. The van der Waals surface area contributed by atoms with Gasteiger partial charge in [-0.25, -0.2) is 0 Å². The van der Waals surface area contributed by atoms with Gasteiger partial charge in [-0.3, -0.25) is 0 Å². The minimum Gasteiger partial charge on any atom is -0.396 e. The van der Waals surface area contributed by atoms with Crippen LogP contribution in [0.4, 0.5) is 0 Å². The average Bonchev–Trinajstić information content (AvgIpc) is 1.37. The zero-order valence-corrected chi connectivity index (χ0v) is 4.27. The van der Waals surface area contributed by atoms with Crippen molar-refractivity contribution in [3.63, 3.8) is 0 Å². The minimum atomic E-state index is 0. The fourth-order valence-corrected chi connectivity index (χ4v) is 0. The molecule has 0 amide bonds. The van der Waals surface area contributed by atoms with Crippen molar-refractivity contribution in [1.82, 2.24) is 6.15 Å². The van der Waals surface area contributed by atoms with Gasteiger partial charge in [0.25, 0.3) is 0 Å². The molecule has 0 aliphatic carbocycles. The van der Waals surface area contributed by atoms with Crippen LogP contribution in [0.3, 0.4) is 0 Å². The van der Waals surface area contributed by atoms with Crippen molar-refractivity contribution >= 4 is 15.9 Å². The summed E-state index contributed by atoms with van der Waals surface area (Å²) in [5.74, 6) is 0. The summed E-state index contributed by atoms with van der Waals surface area (Å²) in [6.07, 6.45) is 0. The molecular formula is C2H5BrNO. The highest BCUT2D eigenvalue weighted by atomic mass is 79.9. The lowest BCUT2D eigenvalue weighted by molar-refractivity contribution is 0.324. The Morgan fingerprint density at radius 2 is 1.80 bits per heavy atom. The molecule has 3 radical (unpaired) electrons. The first-order valence-electron chi connectivity index (χ1n) is 1.08. The normalized spacial score (nSPS) is 6.00. The number of hydrogen-bond donors (Lipinski definition) is 1. The van der Waals surface area contributed by atoms with E-state index in [1.54, 1.807) is 0 Å². The van der Waals surface area contributed by atoms with Crippen LogP contribution in [-0.2, 0) is 0 Å². The molecule has 0 bridgehead atoms. The molecule has 0 rings (SSSR count). The van der Waals surface area contributed by atoms with Crippen LogP contribution in [0, 0.1) is 0 Å². The van der Waals surface area contributed by atoms with Crippen LogP contribution in [0.25, 0.3) is 0 Å². The summed E-state index contributed by atoms with van der Waals surface area (Å²) < 4.78 is 0. The van der Waals surface area contributed by atoms with Gasteiger partial charge in [-0.15, -0.1) is 0 Å². The predicted octanol–water partition coefficient (Wildman–Crippen LogP) is -0.107. The van der Waals surface area contributed by atoms with Crippen LogP contribution in [0.2, 0.25) is 0 Å². The van der Waals surface area contributed by atoms with E-state index in [1.807, 2.05) is 0 Å². The SMILES string of the molecule is OCCBr.[N]. The van der Waals surface area contributed by atoms with Gasteiger partial charge < -0.3 is 5.11 Å². The lowest BCUT2D eigenvalue weighted by atomic mass is 10.9. The van der Waals surface area contributed by atoms with Crippen LogP contribution < -0.4 is 6.15 Å². The molecule has 0 unspecified atom stereocenters. The minimum absolute atomic E-state index is 0. The Hall–Kier alpha value is 0.400. The van der Waals surface area contributed by atoms with E-state index < -0.39 is 0 Å². The van der Waals surface area contributed by atoms with E-state index >= 15 is 0 Å². The van der Waals surface area contributed by atoms with E-state index in [2.05, 4.69) is 15.9 Å². The molecule has 5 heavy (non-hydrogen) atoms. The predicted molar refractivity (Wildman–Crippen MR) is 23.0 cm³/mol. The largest absolute Gasteiger partial charge is 0.396 e. The summed E-state index contributed by atoms with van der Waals surface area (Å²) in [6, 6.07) is 0. The van der Waals surface area contributed by atoms with Crippen LogP contribution >= 0.6 is 15.9 Å². The molecule has 0 aromatic heterocycles. The molecular weight excluding hydrogens is 134 g/mol. The van der Waals surface area contributed by atoms with Crippen molar-refractivity contribution in [2.45, 2.75) is 0 Å². The molecule has 0 aliphatic rings. The van der Waals surface area contributed by atoms with E-state index in [9.17, 15) is 0 Å². The molecule has 31 valence electrons. The van der Waals surface area contributed by atoms with Crippen LogP contribution in [-0.4, -0.2) is 17.0 Å². The first-order chi connectivity index (χ1) is 1.91. The topological polar surface area (TPSA) is 50.7 Å². The summed E-state index contributed by atoms with van der Waals surface area (Å²) >= 11 is 3.00. The zero-order chi connectivity index (χ0) is 3.41. The van der Waals surface area contributed by atoms with Crippen molar-refractivity contribution in [2.75, 3.05) is 11.9 Å². The summed E-state index contributed by atoms with van der Waals surface area (Å²) in [6.45, 7) is 0.236. The second kappa shape index (κ2) is 8.83. The Morgan fingerprint density at radius 3 is 1.80 bits per heavy atom. The van der Waals surface area contributed by atoms with Gasteiger partial charge in [0, 0.05) is 11.5 Å². The van der Waals surface area contributed by atoms with Gasteiger partial charge in [-0.2, -0.15) is 0 Å². The smallest absolute Gasteiger partial charge is 0.0528 e. The molecule has 0 saturated heterocycles. The molecule has 3 heteroatoms. The fourth-order valence-electron chi connectivity index (χ4n) is 0. The van der Waals surface area contributed by atoms with E-state index in [-0.39, 0.29) is 12.8 Å². The molecule has 0 aliphatic heterocycles. The van der Waals surface area contributed by atoms with Crippen molar-refractivity contribution in [1.29, 1.82) is 0 Å². The van der Waals surface area contributed by atoms with Gasteiger partial charge in [0.15, 0.2) is 0 Å². The van der Waals surface area contributed by atoms with Crippen molar-refractivity contribution in [3.8, 4) is 0 Å². The maximum absolute atomic E-state index is 7.83. The van der Waals surface area contributed by atoms with Crippen molar-refractivity contribution in [2.24, 2.45) is 0 Å². The third kappa shape index (κ3) is 12.9. The molecule has 0 atom stereocenters. The first-order valence-corrected chi connectivity index (χ1v) is 2.20. The Labute approximate surface area is 39.9 Å². The standard InChI is InChI=1S/C2H5BrO.N/c3-1-2-4;/h4H,1-2H2;. The Balaban J connectivity index is 0. The summed E-state index contributed by atoms with van der Waals surface area (Å²) in [5, 5.41) is 8.52. The lowest BCUT2D eigenvalue weighted by Gasteiger charge is -1.67. The number of rotatable bonds is 1. The van der Waals surface area contributed by atoms with E-state index in [4.69, 9.17) is 5.11 Å². The van der Waals surface area contributed by atoms with Crippen LogP contribution in [0.1, 0.15) is 0 Å². The van der Waals surface area contributed by atoms with E-state index in [0.29, 0.717) is 5.33 Å². The monoisotopic (exact) mass is 138 g/mol. The average molecular weight is 139 g/mol. The van der Waals surface area contributed by atoms with Gasteiger partial charge >= 0.3 is 0 Å². The third-order valence-electron chi connectivity index (χ3n) is 0.0845. The Kier molecular flexibility index (Phi) is 16.0. The van der Waals surface area contributed by atoms with E-state index in [0.717, 1.165) is 0 Å². The van der Waals surface area contributed by atoms with Crippen LogP contribution in [0.5, 0.6) is 0 Å². The highest BCUT2D eigenvalue weighted by Crippen LogP contribution is 1.69. The Bertz CT molecular complexity index is 11.6. The van der Waals surface area contributed by atoms with Gasteiger partial charge in [0.2, 0.25) is 0 Å².